The smallest absolute Gasteiger partial charge is 0.253 e. The van der Waals surface area contributed by atoms with Gasteiger partial charge >= 0.3 is 0 Å². The summed E-state index contributed by atoms with van der Waals surface area (Å²) in [6, 6.07) is 6.35. The van der Waals surface area contributed by atoms with E-state index in [-0.39, 0.29) is 24.0 Å². The van der Waals surface area contributed by atoms with Gasteiger partial charge in [0.15, 0.2) is 9.75 Å². The molecule has 5 rings (SSSR count). The Labute approximate surface area is 207 Å². The summed E-state index contributed by atoms with van der Waals surface area (Å²) in [5.41, 5.74) is 0.543. The normalized spacial score (nSPS) is 37.5. The maximum Gasteiger partial charge on any atom is 0.253 e. The molecule has 7 nitrogen and oxygen atoms in total. The average Bonchev–Trinajstić information content (AvgIpc) is 3.09. The number of carbonyl (C=O) groups is 4. The molecule has 1 aromatic carbocycles. The lowest BCUT2D eigenvalue weighted by molar-refractivity contribution is -0.146. The Morgan fingerprint density at radius 1 is 1.03 bits per heavy atom. The first kappa shape index (κ1) is 23.4. The van der Waals surface area contributed by atoms with E-state index in [2.05, 4.69) is 0 Å². The quantitative estimate of drug-likeness (QED) is 0.360. The molecule has 0 spiro atoms. The van der Waals surface area contributed by atoms with Gasteiger partial charge in [0.05, 0.1) is 11.8 Å². The summed E-state index contributed by atoms with van der Waals surface area (Å²) in [7, 11) is 1.35. The average molecular weight is 505 g/mol. The summed E-state index contributed by atoms with van der Waals surface area (Å²) in [6.07, 6.45) is 2.17. The van der Waals surface area contributed by atoms with E-state index in [0.717, 1.165) is 4.90 Å². The summed E-state index contributed by atoms with van der Waals surface area (Å²) in [4.78, 5) is 52.3. The lowest BCUT2D eigenvalue weighted by Gasteiger charge is -2.50. The predicted octanol–water partition coefficient (Wildman–Crippen LogP) is 3.18. The molecule has 3 fully saturated rings. The van der Waals surface area contributed by atoms with E-state index >= 15 is 0 Å². The zero-order valence-corrected chi connectivity index (χ0v) is 20.9. The second-order valence-corrected chi connectivity index (χ2v) is 12.0. The van der Waals surface area contributed by atoms with E-state index in [1.54, 1.807) is 12.1 Å². The minimum atomic E-state index is -1.83. The molecule has 0 unspecified atom stereocenters. The minimum absolute atomic E-state index is 0.0227. The van der Waals surface area contributed by atoms with Crippen molar-refractivity contribution in [3.05, 3.63) is 41.5 Å². The van der Waals surface area contributed by atoms with Crippen molar-refractivity contribution in [1.29, 1.82) is 0 Å². The highest BCUT2D eigenvalue weighted by molar-refractivity contribution is 6.53. The molecule has 4 amide bonds. The highest BCUT2D eigenvalue weighted by atomic mass is 35.5. The fraction of sp³-hybridized carbons (Fsp3) is 0.520. The van der Waals surface area contributed by atoms with Gasteiger partial charge in [-0.25, -0.2) is 0 Å². The van der Waals surface area contributed by atoms with Crippen LogP contribution in [0.3, 0.4) is 0 Å². The molecule has 34 heavy (non-hydrogen) atoms. The molecule has 2 saturated heterocycles. The maximum atomic E-state index is 13.6. The number of imide groups is 2. The third-order valence-electron chi connectivity index (χ3n) is 7.89. The second-order valence-electron chi connectivity index (χ2n) is 10.8. The van der Waals surface area contributed by atoms with Crippen LogP contribution < -0.4 is 0 Å². The van der Waals surface area contributed by atoms with Crippen LogP contribution in [0, 0.1) is 17.8 Å². The number of hydrogen-bond acceptors (Lipinski definition) is 5. The first-order valence-corrected chi connectivity index (χ1v) is 12.1. The van der Waals surface area contributed by atoms with Gasteiger partial charge in [-0.2, -0.15) is 0 Å². The Hall–Kier alpha value is -2.38. The van der Waals surface area contributed by atoms with Gasteiger partial charge in [-0.05, 0) is 57.2 Å². The number of phenols is 1. The number of hydrogen-bond donors (Lipinski definition) is 1. The zero-order valence-electron chi connectivity index (χ0n) is 19.3. The summed E-state index contributed by atoms with van der Waals surface area (Å²) >= 11 is 14.1. The topological polar surface area (TPSA) is 95.0 Å². The van der Waals surface area contributed by atoms with Crippen molar-refractivity contribution >= 4 is 46.8 Å². The van der Waals surface area contributed by atoms with E-state index in [4.69, 9.17) is 23.2 Å². The van der Waals surface area contributed by atoms with Crippen LogP contribution in [0.4, 0.5) is 0 Å². The molecule has 1 N–H and O–H groups in total. The summed E-state index contributed by atoms with van der Waals surface area (Å²) in [6.45, 7) is 5.43. The van der Waals surface area contributed by atoms with Gasteiger partial charge < -0.3 is 5.11 Å². The molecule has 2 heterocycles. The molecule has 2 aliphatic carbocycles. The molecule has 180 valence electrons. The van der Waals surface area contributed by atoms with E-state index in [1.165, 1.54) is 24.1 Å². The first-order chi connectivity index (χ1) is 15.7. The van der Waals surface area contributed by atoms with Gasteiger partial charge in [-0.3, -0.25) is 29.0 Å². The van der Waals surface area contributed by atoms with Crippen LogP contribution in [-0.2, 0) is 19.2 Å². The molecule has 6 atom stereocenters. The van der Waals surface area contributed by atoms with Gasteiger partial charge in [0.25, 0.3) is 11.8 Å². The fourth-order valence-electron chi connectivity index (χ4n) is 6.48. The van der Waals surface area contributed by atoms with Crippen LogP contribution in [0.2, 0.25) is 0 Å². The number of amides is 4. The summed E-state index contributed by atoms with van der Waals surface area (Å²) in [5, 5.41) is 10.2. The van der Waals surface area contributed by atoms with Gasteiger partial charge in [0.2, 0.25) is 11.8 Å². The third-order valence-corrected chi connectivity index (χ3v) is 9.30. The van der Waals surface area contributed by atoms with Crippen LogP contribution in [-0.4, -0.2) is 60.9 Å². The first-order valence-electron chi connectivity index (χ1n) is 11.3. The standard InChI is InChI=1S/C25H26Cl2N2O5/c1-23(2,3)29-19(31)15-9-8-14-16(17(15)20(29)32)11-24(26)21(33)28(4)22(34)25(24,27)18(14)12-6-5-7-13(30)10-12/h5-8,10,15-18,30H,9,11H2,1-4H3/t15-,16+,17-,18-,24+,25-/m0/s1. The third kappa shape index (κ3) is 2.71. The molecule has 4 aliphatic rings. The number of halogens is 2. The highest BCUT2D eigenvalue weighted by Gasteiger charge is 2.76. The number of carbonyl (C=O) groups excluding carboxylic acids is 4. The van der Waals surface area contributed by atoms with Crippen LogP contribution in [0.5, 0.6) is 5.75 Å². The molecule has 9 heteroatoms. The van der Waals surface area contributed by atoms with Crippen LogP contribution in [0.1, 0.15) is 45.1 Å². The Bertz CT molecular complexity index is 1190. The number of alkyl halides is 2. The SMILES string of the molecule is CN1C(=O)[C@]2(Cl)C[C@@H]3C(=CC[C@@H]4C(=O)N(C(C)(C)C)C(=O)[C@@H]43)[C@H](c3cccc(O)c3)[C@]2(Cl)C1=O. The van der Waals surface area contributed by atoms with E-state index in [0.29, 0.717) is 17.6 Å². The van der Waals surface area contributed by atoms with Crippen molar-refractivity contribution in [3.63, 3.8) is 0 Å². The molecule has 0 aromatic heterocycles. The molecule has 0 bridgehead atoms. The van der Waals surface area contributed by atoms with Crippen molar-refractivity contribution in [2.45, 2.75) is 54.8 Å². The van der Waals surface area contributed by atoms with E-state index in [9.17, 15) is 24.3 Å². The Morgan fingerprint density at radius 3 is 2.32 bits per heavy atom. The fourth-order valence-corrected chi connectivity index (χ4v) is 7.50. The number of likely N-dealkylation sites (tertiary alicyclic amines) is 2. The maximum absolute atomic E-state index is 13.6. The number of aromatic hydroxyl groups is 1. The van der Waals surface area contributed by atoms with E-state index in [1.807, 2.05) is 26.8 Å². The molecular formula is C25H26Cl2N2O5. The van der Waals surface area contributed by atoms with Crippen molar-refractivity contribution in [2.75, 3.05) is 7.05 Å². The van der Waals surface area contributed by atoms with Crippen molar-refractivity contribution in [1.82, 2.24) is 9.80 Å². The van der Waals surface area contributed by atoms with Crippen molar-refractivity contribution in [2.24, 2.45) is 17.8 Å². The monoisotopic (exact) mass is 504 g/mol. The highest BCUT2D eigenvalue weighted by Crippen LogP contribution is 2.65. The van der Waals surface area contributed by atoms with Crippen molar-refractivity contribution in [3.8, 4) is 5.75 Å². The number of allylic oxidation sites excluding steroid dienone is 2. The lowest BCUT2D eigenvalue weighted by atomic mass is 9.56. The molecule has 0 radical (unpaired) electrons. The predicted molar refractivity (Wildman–Crippen MR) is 125 cm³/mol. The largest absolute Gasteiger partial charge is 0.508 e. The number of phenolic OH excluding ortho intramolecular Hbond substituents is 1. The number of fused-ring (bicyclic) bond motifs is 4. The van der Waals surface area contributed by atoms with Crippen LogP contribution >= 0.6 is 23.2 Å². The number of rotatable bonds is 1. The number of nitrogens with zero attached hydrogens (tertiary/aromatic N) is 2. The summed E-state index contributed by atoms with van der Waals surface area (Å²) in [5.74, 6) is -4.45. The Balaban J connectivity index is 1.72. The second kappa shape index (κ2) is 7.08. The molecular weight excluding hydrogens is 479 g/mol. The summed E-state index contributed by atoms with van der Waals surface area (Å²) < 4.78 is 0. The Kier molecular flexibility index (Phi) is 4.86. The van der Waals surface area contributed by atoms with Crippen LogP contribution in [0.25, 0.3) is 0 Å². The zero-order chi connectivity index (χ0) is 25.0. The van der Waals surface area contributed by atoms with Gasteiger partial charge in [0, 0.05) is 18.5 Å². The lowest BCUT2D eigenvalue weighted by Crippen LogP contribution is -2.60. The molecule has 1 aromatic rings. The van der Waals surface area contributed by atoms with Gasteiger partial charge in [-0.15, -0.1) is 23.2 Å². The van der Waals surface area contributed by atoms with Gasteiger partial charge in [-0.1, -0.05) is 23.8 Å². The van der Waals surface area contributed by atoms with Crippen LogP contribution in [0.15, 0.2) is 35.9 Å². The van der Waals surface area contributed by atoms with E-state index < -0.39 is 50.8 Å². The van der Waals surface area contributed by atoms with Crippen molar-refractivity contribution < 1.29 is 24.3 Å². The minimum Gasteiger partial charge on any atom is -0.508 e. The molecule has 2 aliphatic heterocycles. The molecule has 1 saturated carbocycles. The van der Waals surface area contributed by atoms with Gasteiger partial charge in [0.1, 0.15) is 5.75 Å². The Morgan fingerprint density at radius 2 is 1.71 bits per heavy atom. The number of benzene rings is 1.